The Morgan fingerprint density at radius 1 is 0.700 bits per heavy atom. The number of carboxylic acids is 2. The molecule has 10 N–H and O–H groups in total. The minimum Gasteiger partial charge on any atom is -0.473 e. The maximum Gasteiger partial charge on any atom is 0.414 e. The molecule has 0 aliphatic rings. The summed E-state index contributed by atoms with van der Waals surface area (Å²) in [6.07, 6.45) is 0. The monoisotopic (exact) mass is 302 g/mol. The van der Waals surface area contributed by atoms with Gasteiger partial charge in [-0.15, -0.1) is 0 Å². The number of carboxylic acid groups (broad SMARTS) is 2. The minimum atomic E-state index is -1.82. The first-order valence-corrected chi connectivity index (χ1v) is 4.15. The summed E-state index contributed by atoms with van der Waals surface area (Å²) in [5.74, 6) is 12.6. The molecule has 0 amide bonds. The van der Waals surface area contributed by atoms with Gasteiger partial charge in [-0.25, -0.2) is 31.0 Å². The van der Waals surface area contributed by atoms with E-state index >= 15 is 0 Å². The Morgan fingerprint density at radius 3 is 1.00 bits per heavy atom. The number of hydrogen-bond donors (Lipinski definition) is 6. The zero-order valence-corrected chi connectivity index (χ0v) is 9.88. The number of nitrogens with two attached hydrogens (primary N) is 4. The van der Waals surface area contributed by atoms with Crippen LogP contribution in [0.5, 0.6) is 0 Å². The molecule has 14 heteroatoms. The lowest BCUT2D eigenvalue weighted by atomic mass is 10.7. The molecule has 0 atom stereocenters. The maximum atomic E-state index is 9.86. The van der Waals surface area contributed by atoms with Crippen LogP contribution in [0.25, 0.3) is 0 Å². The summed E-state index contributed by atoms with van der Waals surface area (Å²) in [6, 6.07) is 0. The van der Waals surface area contributed by atoms with E-state index in [0.29, 0.717) is 0 Å². The molecule has 0 aromatic carbocycles. The van der Waals surface area contributed by atoms with E-state index in [9.17, 15) is 9.59 Å². The van der Waals surface area contributed by atoms with E-state index in [1.807, 2.05) is 0 Å². The van der Waals surface area contributed by atoms with Crippen molar-refractivity contribution in [3.05, 3.63) is 0 Å². The summed E-state index contributed by atoms with van der Waals surface area (Å²) in [7, 11) is 0. The molecule has 0 aliphatic carbocycles. The van der Waals surface area contributed by atoms with E-state index in [-0.39, 0.29) is 13.2 Å². The first-order valence-electron chi connectivity index (χ1n) is 4.15. The highest BCUT2D eigenvalue weighted by Crippen LogP contribution is 1.66. The molecule has 0 bridgehead atoms. The third kappa shape index (κ3) is 24.7. The summed E-state index contributed by atoms with van der Waals surface area (Å²) in [5.41, 5.74) is 0. The average Bonchev–Trinajstić information content (AvgIpc) is 2.40. The van der Waals surface area contributed by atoms with Crippen molar-refractivity contribution in [2.24, 2.45) is 23.6 Å². The molecule has 0 aromatic heterocycles. The summed E-state index contributed by atoms with van der Waals surface area (Å²) in [4.78, 5) is 52.9. The SMILES string of the molecule is NOCC(=O)ON.NOCC(=O)ON.O=C(O)C(=O)O. The van der Waals surface area contributed by atoms with Crippen molar-refractivity contribution in [1.82, 2.24) is 0 Å². The summed E-state index contributed by atoms with van der Waals surface area (Å²) >= 11 is 0. The molecule has 0 fully saturated rings. The molecule has 20 heavy (non-hydrogen) atoms. The van der Waals surface area contributed by atoms with Crippen molar-refractivity contribution >= 4 is 23.9 Å². The van der Waals surface area contributed by atoms with Crippen LogP contribution < -0.4 is 23.6 Å². The highest BCUT2D eigenvalue weighted by Gasteiger charge is 2.04. The lowest BCUT2D eigenvalue weighted by molar-refractivity contribution is -0.159. The minimum absolute atomic E-state index is 0.309. The van der Waals surface area contributed by atoms with Crippen molar-refractivity contribution < 1.29 is 48.7 Å². The quantitative estimate of drug-likeness (QED) is 0.212. The normalized spacial score (nSPS) is 8.00. The molecule has 0 aromatic rings. The second-order valence-corrected chi connectivity index (χ2v) is 2.21. The fourth-order valence-corrected chi connectivity index (χ4v) is 0.204. The largest absolute Gasteiger partial charge is 0.473 e. The maximum absolute atomic E-state index is 9.86. The second kappa shape index (κ2) is 16.6. The lowest BCUT2D eigenvalue weighted by Gasteiger charge is -1.90. The Bertz CT molecular complexity index is 278. The molecule has 0 radical (unpaired) electrons. The molecule has 14 nitrogen and oxygen atoms in total. The van der Waals surface area contributed by atoms with Gasteiger partial charge in [0.2, 0.25) is 0 Å². The summed E-state index contributed by atoms with van der Waals surface area (Å²) < 4.78 is 0. The molecule has 118 valence electrons. The third-order valence-corrected chi connectivity index (χ3v) is 0.848. The van der Waals surface area contributed by atoms with Crippen LogP contribution in [-0.2, 0) is 38.5 Å². The predicted octanol–water partition coefficient (Wildman–Crippen LogP) is -4.26. The number of aliphatic carboxylic acids is 2. The Balaban J connectivity index is -0.000000218. The average molecular weight is 302 g/mol. The first-order chi connectivity index (χ1) is 9.26. The zero-order valence-electron chi connectivity index (χ0n) is 9.88. The van der Waals surface area contributed by atoms with Crippen molar-refractivity contribution in [3.8, 4) is 0 Å². The van der Waals surface area contributed by atoms with Crippen LogP contribution in [0, 0.1) is 0 Å². The van der Waals surface area contributed by atoms with Gasteiger partial charge in [-0.3, -0.25) is 9.68 Å². The van der Waals surface area contributed by atoms with Crippen LogP contribution in [0.1, 0.15) is 0 Å². The van der Waals surface area contributed by atoms with Crippen LogP contribution in [0.2, 0.25) is 0 Å². The van der Waals surface area contributed by atoms with Crippen LogP contribution in [-0.4, -0.2) is 47.3 Å². The smallest absolute Gasteiger partial charge is 0.414 e. The molecule has 0 aliphatic heterocycles. The number of hydrogen-bond acceptors (Lipinski definition) is 12. The van der Waals surface area contributed by atoms with E-state index in [1.54, 1.807) is 0 Å². The molecule has 0 heterocycles. The molecule has 0 spiro atoms. The highest BCUT2D eigenvalue weighted by atomic mass is 16.7. The Morgan fingerprint density at radius 2 is 0.950 bits per heavy atom. The summed E-state index contributed by atoms with van der Waals surface area (Å²) in [6.45, 7) is -0.618. The van der Waals surface area contributed by atoms with E-state index in [1.165, 1.54) is 0 Å². The van der Waals surface area contributed by atoms with Gasteiger partial charge < -0.3 is 19.9 Å². The third-order valence-electron chi connectivity index (χ3n) is 0.848. The van der Waals surface area contributed by atoms with Gasteiger partial charge >= 0.3 is 23.9 Å². The van der Waals surface area contributed by atoms with Gasteiger partial charge in [-0.2, -0.15) is 11.8 Å². The zero-order chi connectivity index (χ0) is 16.6. The van der Waals surface area contributed by atoms with Crippen molar-refractivity contribution in [1.29, 1.82) is 0 Å². The van der Waals surface area contributed by atoms with Gasteiger partial charge in [-0.05, 0) is 0 Å². The number of rotatable bonds is 4. The van der Waals surface area contributed by atoms with Gasteiger partial charge in [0.15, 0.2) is 13.2 Å². The van der Waals surface area contributed by atoms with Crippen LogP contribution in [0.15, 0.2) is 0 Å². The Kier molecular flexibility index (Phi) is 19.0. The highest BCUT2D eigenvalue weighted by molar-refractivity contribution is 6.27. The predicted molar refractivity (Wildman–Crippen MR) is 56.1 cm³/mol. The van der Waals surface area contributed by atoms with E-state index in [2.05, 4.69) is 42.9 Å². The molecule has 0 rings (SSSR count). The fraction of sp³-hybridized carbons (Fsp3) is 0.333. The van der Waals surface area contributed by atoms with E-state index in [0.717, 1.165) is 0 Å². The number of carbonyl (C=O) groups is 4. The molecular weight excluding hydrogens is 288 g/mol. The lowest BCUT2D eigenvalue weighted by Crippen LogP contribution is -2.18. The molecule has 0 unspecified atom stereocenters. The van der Waals surface area contributed by atoms with Gasteiger partial charge in [0.25, 0.3) is 0 Å². The van der Waals surface area contributed by atoms with Crippen LogP contribution in [0.4, 0.5) is 0 Å². The standard InChI is InChI=1S/2C2H6N2O3.C2H2O4/c2*3-6-1-2(5)7-4;3-1(4)2(5)6/h2*1,3-4H2;(H,3,4)(H,5,6). The van der Waals surface area contributed by atoms with Gasteiger partial charge in [0, 0.05) is 0 Å². The number of carbonyl (C=O) groups excluding carboxylic acids is 2. The van der Waals surface area contributed by atoms with Gasteiger partial charge in [0.1, 0.15) is 0 Å². The molecule has 0 saturated heterocycles. The summed E-state index contributed by atoms with van der Waals surface area (Å²) in [5, 5.41) is 14.8. The van der Waals surface area contributed by atoms with Crippen LogP contribution >= 0.6 is 0 Å². The van der Waals surface area contributed by atoms with Gasteiger partial charge in [0.05, 0.1) is 0 Å². The second-order valence-electron chi connectivity index (χ2n) is 2.21. The van der Waals surface area contributed by atoms with E-state index < -0.39 is 23.9 Å². The van der Waals surface area contributed by atoms with Crippen molar-refractivity contribution in [2.45, 2.75) is 0 Å². The first kappa shape index (κ1) is 22.8. The van der Waals surface area contributed by atoms with Crippen molar-refractivity contribution in [3.63, 3.8) is 0 Å². The Hall–Kier alpha value is -2.36. The van der Waals surface area contributed by atoms with Crippen LogP contribution in [0.3, 0.4) is 0 Å². The molecule has 0 saturated carbocycles. The van der Waals surface area contributed by atoms with Crippen molar-refractivity contribution in [2.75, 3.05) is 13.2 Å². The fourth-order valence-electron chi connectivity index (χ4n) is 0.204. The molecular formula is C6H14N4O10. The van der Waals surface area contributed by atoms with E-state index in [4.69, 9.17) is 19.8 Å². The Labute approximate surface area is 110 Å². The van der Waals surface area contributed by atoms with Gasteiger partial charge in [-0.1, -0.05) is 0 Å². The topological polar surface area (TPSA) is 250 Å².